The summed E-state index contributed by atoms with van der Waals surface area (Å²) in [7, 11) is 0. The van der Waals surface area contributed by atoms with Crippen LogP contribution in [0.3, 0.4) is 0 Å². The van der Waals surface area contributed by atoms with Crippen molar-refractivity contribution >= 4 is 40.9 Å². The summed E-state index contributed by atoms with van der Waals surface area (Å²) in [4.78, 5) is 24.0. The molecule has 128 valence electrons. The lowest BCUT2D eigenvalue weighted by Gasteiger charge is -2.10. The molecule has 1 saturated carbocycles. The van der Waals surface area contributed by atoms with Gasteiger partial charge in [0.2, 0.25) is 11.8 Å². The molecular weight excluding hydrogens is 336 g/mol. The first-order valence-corrected chi connectivity index (χ1v) is 8.55. The highest BCUT2D eigenvalue weighted by Crippen LogP contribution is 2.30. The minimum Gasteiger partial charge on any atom is -0.326 e. The van der Waals surface area contributed by atoms with E-state index in [1.54, 1.807) is 24.3 Å². The van der Waals surface area contributed by atoms with Crippen molar-refractivity contribution in [1.82, 2.24) is 0 Å². The number of benzene rings is 2. The van der Waals surface area contributed by atoms with Gasteiger partial charge in [0, 0.05) is 28.4 Å². The predicted molar refractivity (Wildman–Crippen MR) is 102 cm³/mol. The number of carbonyl (C=O) groups excluding carboxylic acids is 2. The van der Waals surface area contributed by atoms with Gasteiger partial charge in [-0.05, 0) is 61.2 Å². The molecule has 25 heavy (non-hydrogen) atoms. The fraction of sp³-hybridized carbons (Fsp3) is 0.200. The van der Waals surface area contributed by atoms with Crippen LogP contribution in [0.4, 0.5) is 11.4 Å². The summed E-state index contributed by atoms with van der Waals surface area (Å²) in [6.07, 6.45) is 5.10. The molecule has 4 nitrogen and oxygen atoms in total. The topological polar surface area (TPSA) is 58.2 Å². The molecule has 2 amide bonds. The van der Waals surface area contributed by atoms with Crippen LogP contribution in [0, 0.1) is 12.8 Å². The van der Waals surface area contributed by atoms with Gasteiger partial charge in [-0.3, -0.25) is 9.59 Å². The highest BCUT2D eigenvalue weighted by Gasteiger charge is 2.29. The highest BCUT2D eigenvalue weighted by molar-refractivity contribution is 6.30. The van der Waals surface area contributed by atoms with E-state index in [0.717, 1.165) is 24.0 Å². The highest BCUT2D eigenvalue weighted by atomic mass is 35.5. The van der Waals surface area contributed by atoms with Crippen LogP contribution in [0.15, 0.2) is 48.5 Å². The zero-order valence-corrected chi connectivity index (χ0v) is 14.6. The van der Waals surface area contributed by atoms with Crippen molar-refractivity contribution in [2.75, 3.05) is 10.6 Å². The second-order valence-corrected chi connectivity index (χ2v) is 6.60. The fourth-order valence-corrected chi connectivity index (χ4v) is 2.47. The average molecular weight is 355 g/mol. The Hall–Kier alpha value is -2.59. The third-order valence-electron chi connectivity index (χ3n) is 4.01. The summed E-state index contributed by atoms with van der Waals surface area (Å²) in [5.74, 6) is -0.0471. The second-order valence-electron chi connectivity index (χ2n) is 6.17. The Morgan fingerprint density at radius 2 is 1.80 bits per heavy atom. The van der Waals surface area contributed by atoms with Crippen LogP contribution in [0.5, 0.6) is 0 Å². The quantitative estimate of drug-likeness (QED) is 0.768. The average Bonchev–Trinajstić information content (AvgIpc) is 3.42. The first kappa shape index (κ1) is 17.2. The van der Waals surface area contributed by atoms with Crippen LogP contribution in [-0.2, 0) is 9.59 Å². The van der Waals surface area contributed by atoms with E-state index in [1.165, 1.54) is 6.08 Å². The number of hydrogen-bond donors (Lipinski definition) is 2. The van der Waals surface area contributed by atoms with Gasteiger partial charge in [-0.2, -0.15) is 0 Å². The van der Waals surface area contributed by atoms with Gasteiger partial charge in [-0.1, -0.05) is 29.8 Å². The predicted octanol–water partition coefficient (Wildman–Crippen LogP) is 4.65. The number of anilines is 2. The van der Waals surface area contributed by atoms with E-state index in [-0.39, 0.29) is 17.7 Å². The lowest BCUT2D eigenvalue weighted by molar-refractivity contribution is -0.117. The maximum atomic E-state index is 12.1. The van der Waals surface area contributed by atoms with Crippen LogP contribution >= 0.6 is 11.6 Å². The van der Waals surface area contributed by atoms with Crippen LogP contribution in [0.2, 0.25) is 5.02 Å². The SMILES string of the molecule is Cc1ccc(NC(=O)C2CC2)cc1NC(=O)C=Cc1ccc(Cl)cc1. The molecule has 0 radical (unpaired) electrons. The molecule has 0 spiro atoms. The van der Waals surface area contributed by atoms with Gasteiger partial charge in [0.15, 0.2) is 0 Å². The largest absolute Gasteiger partial charge is 0.326 e. The Morgan fingerprint density at radius 1 is 1.08 bits per heavy atom. The summed E-state index contributed by atoms with van der Waals surface area (Å²) in [6, 6.07) is 12.7. The van der Waals surface area contributed by atoms with Gasteiger partial charge in [0.05, 0.1) is 0 Å². The molecule has 2 aromatic rings. The molecule has 2 aromatic carbocycles. The Morgan fingerprint density at radius 3 is 2.48 bits per heavy atom. The van der Waals surface area contributed by atoms with Crippen LogP contribution in [0.25, 0.3) is 6.08 Å². The number of halogens is 1. The maximum absolute atomic E-state index is 12.1. The monoisotopic (exact) mass is 354 g/mol. The van der Waals surface area contributed by atoms with Crippen LogP contribution in [0.1, 0.15) is 24.0 Å². The number of amides is 2. The van der Waals surface area contributed by atoms with Crippen molar-refractivity contribution < 1.29 is 9.59 Å². The van der Waals surface area contributed by atoms with Crippen molar-refractivity contribution in [2.45, 2.75) is 19.8 Å². The first-order chi connectivity index (χ1) is 12.0. The number of hydrogen-bond acceptors (Lipinski definition) is 2. The molecule has 0 atom stereocenters. The molecule has 1 fully saturated rings. The number of rotatable bonds is 5. The van der Waals surface area contributed by atoms with Gasteiger partial charge in [-0.25, -0.2) is 0 Å². The Bertz CT molecular complexity index is 824. The molecule has 5 heteroatoms. The molecule has 2 N–H and O–H groups in total. The normalized spacial score (nSPS) is 13.7. The summed E-state index contributed by atoms with van der Waals surface area (Å²) in [6.45, 7) is 1.91. The second kappa shape index (κ2) is 7.53. The molecule has 0 bridgehead atoms. The van der Waals surface area contributed by atoms with Gasteiger partial charge in [0.1, 0.15) is 0 Å². The maximum Gasteiger partial charge on any atom is 0.248 e. The Labute approximate surface area is 151 Å². The zero-order valence-electron chi connectivity index (χ0n) is 13.9. The molecule has 1 aliphatic rings. The van der Waals surface area contributed by atoms with Gasteiger partial charge in [-0.15, -0.1) is 0 Å². The standard InChI is InChI=1S/C20H19ClN2O2/c1-13-2-10-17(22-20(25)15-6-7-15)12-18(13)23-19(24)11-5-14-3-8-16(21)9-4-14/h2-5,8-12,15H,6-7H2,1H3,(H,22,25)(H,23,24). The Balaban J connectivity index is 1.65. The number of nitrogens with one attached hydrogen (secondary N) is 2. The van der Waals surface area contributed by atoms with Crippen molar-refractivity contribution in [3.05, 3.63) is 64.7 Å². The number of carbonyl (C=O) groups is 2. The lowest BCUT2D eigenvalue weighted by Crippen LogP contribution is -2.14. The van der Waals surface area contributed by atoms with Crippen molar-refractivity contribution in [1.29, 1.82) is 0 Å². The smallest absolute Gasteiger partial charge is 0.248 e. The van der Waals surface area contributed by atoms with Crippen molar-refractivity contribution in [3.8, 4) is 0 Å². The van der Waals surface area contributed by atoms with E-state index in [9.17, 15) is 9.59 Å². The van der Waals surface area contributed by atoms with E-state index < -0.39 is 0 Å². The summed E-state index contributed by atoms with van der Waals surface area (Å²) >= 11 is 5.84. The van der Waals surface area contributed by atoms with E-state index in [1.807, 2.05) is 31.2 Å². The van der Waals surface area contributed by atoms with Gasteiger partial charge in [0.25, 0.3) is 0 Å². The third kappa shape index (κ3) is 4.94. The van der Waals surface area contributed by atoms with Gasteiger partial charge < -0.3 is 10.6 Å². The third-order valence-corrected chi connectivity index (χ3v) is 4.26. The van der Waals surface area contributed by atoms with E-state index in [2.05, 4.69) is 10.6 Å². The summed E-state index contributed by atoms with van der Waals surface area (Å²) < 4.78 is 0. The van der Waals surface area contributed by atoms with Gasteiger partial charge >= 0.3 is 0 Å². The van der Waals surface area contributed by atoms with Crippen molar-refractivity contribution in [3.63, 3.8) is 0 Å². The summed E-state index contributed by atoms with van der Waals surface area (Å²) in [5, 5.41) is 6.39. The fourth-order valence-electron chi connectivity index (χ4n) is 2.34. The zero-order chi connectivity index (χ0) is 17.8. The Kier molecular flexibility index (Phi) is 5.19. The molecule has 0 unspecified atom stereocenters. The minimum atomic E-state index is -0.233. The molecule has 0 saturated heterocycles. The van der Waals surface area contributed by atoms with E-state index >= 15 is 0 Å². The lowest BCUT2D eigenvalue weighted by atomic mass is 10.1. The van der Waals surface area contributed by atoms with Crippen molar-refractivity contribution in [2.24, 2.45) is 5.92 Å². The molecule has 0 heterocycles. The van der Waals surface area contributed by atoms with E-state index in [0.29, 0.717) is 16.4 Å². The van der Waals surface area contributed by atoms with Crippen LogP contribution in [-0.4, -0.2) is 11.8 Å². The number of aryl methyl sites for hydroxylation is 1. The molecule has 0 aromatic heterocycles. The first-order valence-electron chi connectivity index (χ1n) is 8.17. The molecule has 1 aliphatic carbocycles. The van der Waals surface area contributed by atoms with Crippen LogP contribution < -0.4 is 10.6 Å². The minimum absolute atomic E-state index is 0.0452. The molecular formula is C20H19ClN2O2. The molecule has 0 aliphatic heterocycles. The molecule has 3 rings (SSSR count). The van der Waals surface area contributed by atoms with E-state index in [4.69, 9.17) is 11.6 Å². The summed E-state index contributed by atoms with van der Waals surface area (Å²) in [5.41, 5.74) is 3.19.